The molecule has 0 N–H and O–H groups in total. The van der Waals surface area contributed by atoms with Crippen LogP contribution >= 0.6 is 0 Å². The Morgan fingerprint density at radius 3 is 1.00 bits per heavy atom. The van der Waals surface area contributed by atoms with Crippen LogP contribution in [-0.4, -0.2) is 30.7 Å². The first-order chi connectivity index (χ1) is 6.24. The Bertz CT molecular complexity index is 151. The van der Waals surface area contributed by atoms with Crippen LogP contribution in [0.5, 0.6) is 0 Å². The zero-order valence-electron chi connectivity index (χ0n) is 8.79. The molecule has 0 aliphatic heterocycles. The van der Waals surface area contributed by atoms with Gasteiger partial charge in [0.05, 0.1) is 26.2 Å². The molecule has 0 unspecified atom stereocenters. The van der Waals surface area contributed by atoms with Gasteiger partial charge in [-0.15, -0.1) is 0 Å². The fraction of sp³-hybridized carbons (Fsp3) is 0.333. The maximum absolute atomic E-state index is 3.77. The zero-order chi connectivity index (χ0) is 10.2. The second-order valence-electron chi connectivity index (χ2n) is 3.23. The molecule has 0 fully saturated rings. The summed E-state index contributed by atoms with van der Waals surface area (Å²) in [6.45, 7) is 18.8. The molecule has 0 aromatic rings. The van der Waals surface area contributed by atoms with Gasteiger partial charge < -0.3 is 28.5 Å². The number of hydrogen-bond donors (Lipinski definition) is 0. The quantitative estimate of drug-likeness (QED) is 0.324. The van der Waals surface area contributed by atoms with E-state index in [4.69, 9.17) is 0 Å². The molecule has 0 bridgehead atoms. The van der Waals surface area contributed by atoms with Gasteiger partial charge in [0.15, 0.2) is 0 Å². The van der Waals surface area contributed by atoms with E-state index in [2.05, 4.69) is 26.3 Å². The molecule has 0 saturated carbocycles. The number of nitrogens with zero attached hydrogens (tertiary/aromatic N) is 1. The minimum atomic E-state index is 0. The number of quaternary nitrogens is 1. The maximum atomic E-state index is 3.77. The van der Waals surface area contributed by atoms with E-state index in [1.165, 1.54) is 0 Å². The van der Waals surface area contributed by atoms with Crippen molar-refractivity contribution in [2.75, 3.05) is 26.2 Å². The average Bonchev–Trinajstić information content (AvgIpc) is 2.06. The van der Waals surface area contributed by atoms with E-state index in [0.29, 0.717) is 0 Å². The van der Waals surface area contributed by atoms with Crippen LogP contribution in [0.4, 0.5) is 0 Å². The predicted octanol–water partition coefficient (Wildman–Crippen LogP) is -0.449. The van der Waals surface area contributed by atoms with Crippen molar-refractivity contribution in [3.05, 3.63) is 50.6 Å². The minimum absolute atomic E-state index is 0. The summed E-state index contributed by atoms with van der Waals surface area (Å²) in [5.41, 5.74) is 0. The smallest absolute Gasteiger partial charge is 0.0978 e. The van der Waals surface area contributed by atoms with E-state index in [9.17, 15) is 0 Å². The Kier molecular flexibility index (Phi) is 10.6. The number of halogens is 1. The molecule has 0 aromatic heterocycles. The van der Waals surface area contributed by atoms with Crippen LogP contribution in [0.3, 0.4) is 0 Å². The van der Waals surface area contributed by atoms with Crippen LogP contribution in [0.15, 0.2) is 50.6 Å². The van der Waals surface area contributed by atoms with Crippen molar-refractivity contribution in [3.8, 4) is 0 Å². The number of rotatable bonds is 8. The maximum Gasteiger partial charge on any atom is 0.0978 e. The topological polar surface area (TPSA) is 0 Å². The highest BCUT2D eigenvalue weighted by molar-refractivity contribution is 4.79. The fourth-order valence-electron chi connectivity index (χ4n) is 1.54. The third-order valence-corrected chi connectivity index (χ3v) is 2.07. The third kappa shape index (κ3) is 5.40. The molecular weight excluding hydrogens is 285 g/mol. The van der Waals surface area contributed by atoms with Crippen LogP contribution in [-0.2, 0) is 0 Å². The molecule has 0 aromatic carbocycles. The van der Waals surface area contributed by atoms with Gasteiger partial charge in [-0.25, -0.2) is 0 Å². The second-order valence-corrected chi connectivity index (χ2v) is 3.23. The molecule has 0 radical (unpaired) electrons. The molecule has 14 heavy (non-hydrogen) atoms. The monoisotopic (exact) mass is 305 g/mol. The molecular formula is C12H20IN. The van der Waals surface area contributed by atoms with Gasteiger partial charge in [0.2, 0.25) is 0 Å². The van der Waals surface area contributed by atoms with Gasteiger partial charge in [0, 0.05) is 0 Å². The lowest BCUT2D eigenvalue weighted by molar-refractivity contribution is -0.906. The Morgan fingerprint density at radius 2 is 0.857 bits per heavy atom. The summed E-state index contributed by atoms with van der Waals surface area (Å²) in [6.07, 6.45) is 7.76. The van der Waals surface area contributed by atoms with E-state index in [-0.39, 0.29) is 24.0 Å². The van der Waals surface area contributed by atoms with Gasteiger partial charge in [-0.2, -0.15) is 0 Å². The van der Waals surface area contributed by atoms with Gasteiger partial charge in [-0.3, -0.25) is 0 Å². The summed E-state index contributed by atoms with van der Waals surface area (Å²) >= 11 is 0. The van der Waals surface area contributed by atoms with Gasteiger partial charge in [-0.1, -0.05) is 26.3 Å². The molecule has 80 valence electrons. The summed E-state index contributed by atoms with van der Waals surface area (Å²) < 4.78 is 0.903. The summed E-state index contributed by atoms with van der Waals surface area (Å²) in [6, 6.07) is 0. The van der Waals surface area contributed by atoms with Gasteiger partial charge in [0.1, 0.15) is 0 Å². The molecule has 0 rings (SSSR count). The van der Waals surface area contributed by atoms with E-state index >= 15 is 0 Å². The van der Waals surface area contributed by atoms with Gasteiger partial charge in [0.25, 0.3) is 0 Å². The summed E-state index contributed by atoms with van der Waals surface area (Å²) in [5, 5.41) is 0. The van der Waals surface area contributed by atoms with Gasteiger partial charge in [-0.05, 0) is 24.3 Å². The lowest BCUT2D eigenvalue weighted by Gasteiger charge is -2.35. The Labute approximate surface area is 105 Å². The lowest BCUT2D eigenvalue weighted by atomic mass is 10.3. The van der Waals surface area contributed by atoms with Crippen LogP contribution in [0.1, 0.15) is 0 Å². The van der Waals surface area contributed by atoms with Crippen molar-refractivity contribution >= 4 is 0 Å². The van der Waals surface area contributed by atoms with Crippen LogP contribution in [0.25, 0.3) is 0 Å². The Morgan fingerprint density at radius 1 is 0.643 bits per heavy atom. The van der Waals surface area contributed by atoms with Gasteiger partial charge >= 0.3 is 0 Å². The first-order valence-electron chi connectivity index (χ1n) is 4.53. The van der Waals surface area contributed by atoms with Crippen LogP contribution in [0, 0.1) is 0 Å². The molecule has 0 aliphatic carbocycles. The highest BCUT2D eigenvalue weighted by atomic mass is 127. The minimum Gasteiger partial charge on any atom is -1.00 e. The number of hydrogen-bond acceptors (Lipinski definition) is 0. The highest BCUT2D eigenvalue weighted by Crippen LogP contribution is 2.07. The molecule has 0 amide bonds. The third-order valence-electron chi connectivity index (χ3n) is 2.07. The van der Waals surface area contributed by atoms with Crippen molar-refractivity contribution in [1.82, 2.24) is 0 Å². The van der Waals surface area contributed by atoms with Crippen molar-refractivity contribution in [2.24, 2.45) is 0 Å². The molecule has 0 aliphatic rings. The van der Waals surface area contributed by atoms with E-state index in [0.717, 1.165) is 30.7 Å². The van der Waals surface area contributed by atoms with Crippen molar-refractivity contribution in [1.29, 1.82) is 0 Å². The summed E-state index contributed by atoms with van der Waals surface area (Å²) in [5.74, 6) is 0. The second kappa shape index (κ2) is 9.21. The standard InChI is InChI=1S/C12H20N.HI/c1-5-9-13(10-6-2,11-7-3)12-8-4;/h5-8H,1-4,9-12H2;1H/q+1;/p-1. The predicted molar refractivity (Wildman–Crippen MR) is 60.5 cm³/mol. The normalized spacial score (nSPS) is 9.71. The molecule has 2 heteroatoms. The SMILES string of the molecule is C=CC[N+](CC=C)(CC=C)CC=C.[I-]. The molecule has 0 saturated heterocycles. The molecule has 0 heterocycles. The zero-order valence-corrected chi connectivity index (χ0v) is 10.9. The molecule has 0 spiro atoms. The fourth-order valence-corrected chi connectivity index (χ4v) is 1.54. The lowest BCUT2D eigenvalue weighted by Crippen LogP contribution is -3.00. The van der Waals surface area contributed by atoms with E-state index in [1.54, 1.807) is 0 Å². The largest absolute Gasteiger partial charge is 1.00 e. The van der Waals surface area contributed by atoms with Crippen molar-refractivity contribution in [3.63, 3.8) is 0 Å². The first-order valence-corrected chi connectivity index (χ1v) is 4.53. The molecule has 0 atom stereocenters. The first kappa shape index (κ1) is 16.1. The van der Waals surface area contributed by atoms with Crippen molar-refractivity contribution in [2.45, 2.75) is 0 Å². The van der Waals surface area contributed by atoms with E-state index < -0.39 is 0 Å². The van der Waals surface area contributed by atoms with E-state index in [1.807, 2.05) is 24.3 Å². The van der Waals surface area contributed by atoms with Crippen LogP contribution in [0.2, 0.25) is 0 Å². The highest BCUT2D eigenvalue weighted by Gasteiger charge is 2.20. The summed E-state index contributed by atoms with van der Waals surface area (Å²) in [4.78, 5) is 0. The molecule has 1 nitrogen and oxygen atoms in total. The Hall–Kier alpha value is -0.350. The van der Waals surface area contributed by atoms with Crippen molar-refractivity contribution < 1.29 is 28.5 Å². The Balaban J connectivity index is 0. The van der Waals surface area contributed by atoms with Crippen LogP contribution < -0.4 is 24.0 Å². The average molecular weight is 305 g/mol. The summed E-state index contributed by atoms with van der Waals surface area (Å²) in [7, 11) is 0.